The summed E-state index contributed by atoms with van der Waals surface area (Å²) in [6.07, 6.45) is -4.68. The van der Waals surface area contributed by atoms with Crippen molar-refractivity contribution in [2.75, 3.05) is 5.32 Å². The van der Waals surface area contributed by atoms with E-state index in [1.807, 2.05) is 0 Å². The quantitative estimate of drug-likeness (QED) is 0.919. The molecule has 0 bridgehead atoms. The van der Waals surface area contributed by atoms with Gasteiger partial charge in [-0.2, -0.15) is 18.3 Å². The van der Waals surface area contributed by atoms with Crippen molar-refractivity contribution in [3.05, 3.63) is 21.4 Å². The Morgan fingerprint density at radius 2 is 2.00 bits per heavy atom. The van der Waals surface area contributed by atoms with Crippen LogP contribution in [0.25, 0.3) is 0 Å². The lowest BCUT2D eigenvalue weighted by Gasteiger charge is -2.13. The van der Waals surface area contributed by atoms with Gasteiger partial charge in [-0.25, -0.2) is 0 Å². The molecule has 1 amide bonds. The van der Waals surface area contributed by atoms with E-state index in [9.17, 15) is 18.0 Å². The highest BCUT2D eigenvalue weighted by molar-refractivity contribution is 7.15. The van der Waals surface area contributed by atoms with Crippen molar-refractivity contribution in [2.45, 2.75) is 33.0 Å². The number of hydrogen-bond acceptors (Lipinski definition) is 5. The van der Waals surface area contributed by atoms with Crippen LogP contribution in [0.15, 0.2) is 0 Å². The molecule has 0 saturated carbocycles. The third-order valence-corrected chi connectivity index (χ3v) is 4.05. The molecule has 0 spiro atoms. The smallest absolute Gasteiger partial charge is 0.299 e. The molecule has 2 rings (SSSR count). The second kappa shape index (κ2) is 5.84. The molecular weight excluding hydrogens is 343 g/mol. The minimum absolute atomic E-state index is 0.0603. The Hall–Kier alpha value is -1.68. The SMILES string of the molecule is Cc1nnc(NC(=O)[C@H](C)n2nc(C(F)(F)F)c(Cl)c2C)s1. The number of rotatable bonds is 3. The summed E-state index contributed by atoms with van der Waals surface area (Å²) in [4.78, 5) is 12.1. The van der Waals surface area contributed by atoms with E-state index in [0.29, 0.717) is 5.01 Å². The second-order valence-corrected chi connectivity index (χ2v) is 6.04. The largest absolute Gasteiger partial charge is 0.436 e. The topological polar surface area (TPSA) is 72.7 Å². The fraction of sp³-hybridized carbons (Fsp3) is 0.455. The van der Waals surface area contributed by atoms with Crippen molar-refractivity contribution in [1.29, 1.82) is 0 Å². The molecular formula is C11H11ClF3N5OS. The first-order valence-electron chi connectivity index (χ1n) is 6.04. The summed E-state index contributed by atoms with van der Waals surface area (Å²) in [5, 5.41) is 13.7. The summed E-state index contributed by atoms with van der Waals surface area (Å²) in [7, 11) is 0. The molecule has 6 nitrogen and oxygen atoms in total. The van der Waals surface area contributed by atoms with Crippen LogP contribution in [0.4, 0.5) is 18.3 Å². The Morgan fingerprint density at radius 3 is 2.45 bits per heavy atom. The first-order valence-corrected chi connectivity index (χ1v) is 7.23. The summed E-state index contributed by atoms with van der Waals surface area (Å²) >= 11 is 6.81. The van der Waals surface area contributed by atoms with Crippen molar-refractivity contribution >= 4 is 34.0 Å². The highest BCUT2D eigenvalue weighted by atomic mass is 35.5. The number of anilines is 1. The molecule has 2 aromatic heterocycles. The predicted molar refractivity (Wildman–Crippen MR) is 75.0 cm³/mol. The van der Waals surface area contributed by atoms with Gasteiger partial charge in [0.25, 0.3) is 5.91 Å². The number of hydrogen-bond donors (Lipinski definition) is 1. The zero-order valence-electron chi connectivity index (χ0n) is 11.7. The Balaban J connectivity index is 2.25. The molecule has 2 heterocycles. The predicted octanol–water partition coefficient (Wildman–Crippen LogP) is 3.22. The number of aryl methyl sites for hydroxylation is 1. The summed E-state index contributed by atoms with van der Waals surface area (Å²) in [5.41, 5.74) is -1.15. The minimum atomic E-state index is -4.68. The molecule has 0 aliphatic heterocycles. The number of nitrogens with one attached hydrogen (secondary N) is 1. The molecule has 0 unspecified atom stereocenters. The van der Waals surface area contributed by atoms with E-state index < -0.39 is 28.8 Å². The van der Waals surface area contributed by atoms with Crippen molar-refractivity contribution in [1.82, 2.24) is 20.0 Å². The zero-order chi connectivity index (χ0) is 16.7. The van der Waals surface area contributed by atoms with E-state index in [2.05, 4.69) is 20.6 Å². The van der Waals surface area contributed by atoms with Crippen LogP contribution >= 0.6 is 22.9 Å². The fourth-order valence-electron chi connectivity index (χ4n) is 1.72. The van der Waals surface area contributed by atoms with E-state index in [-0.39, 0.29) is 10.8 Å². The molecule has 0 aromatic carbocycles. The van der Waals surface area contributed by atoms with Crippen LogP contribution in [0.1, 0.15) is 29.4 Å². The maximum atomic E-state index is 12.8. The lowest BCUT2D eigenvalue weighted by Crippen LogP contribution is -2.25. The Kier molecular flexibility index (Phi) is 4.43. The molecule has 1 atom stereocenters. The number of alkyl halides is 3. The molecule has 11 heteroatoms. The van der Waals surface area contributed by atoms with Gasteiger partial charge in [0, 0.05) is 0 Å². The van der Waals surface area contributed by atoms with Crippen molar-refractivity contribution in [2.24, 2.45) is 0 Å². The number of nitrogens with zero attached hydrogens (tertiary/aromatic N) is 4. The molecule has 0 fully saturated rings. The van der Waals surface area contributed by atoms with Crippen LogP contribution in [0, 0.1) is 13.8 Å². The van der Waals surface area contributed by atoms with Gasteiger partial charge in [-0.15, -0.1) is 10.2 Å². The fourth-order valence-corrected chi connectivity index (χ4v) is 2.55. The summed E-state index contributed by atoms with van der Waals surface area (Å²) < 4.78 is 39.3. The average Bonchev–Trinajstić information content (AvgIpc) is 2.93. The highest BCUT2D eigenvalue weighted by Gasteiger charge is 2.39. The maximum Gasteiger partial charge on any atom is 0.436 e. The van der Waals surface area contributed by atoms with Gasteiger partial charge in [0.2, 0.25) is 5.13 Å². The molecule has 120 valence electrons. The number of halogens is 4. The monoisotopic (exact) mass is 353 g/mol. The molecule has 0 aliphatic carbocycles. The van der Waals surface area contributed by atoms with E-state index in [0.717, 1.165) is 16.0 Å². The van der Waals surface area contributed by atoms with Gasteiger partial charge in [0.1, 0.15) is 11.0 Å². The lowest BCUT2D eigenvalue weighted by atomic mass is 10.3. The molecule has 0 saturated heterocycles. The van der Waals surface area contributed by atoms with Crippen molar-refractivity contribution in [3.63, 3.8) is 0 Å². The minimum Gasteiger partial charge on any atom is -0.299 e. The van der Waals surface area contributed by atoms with Crippen LogP contribution < -0.4 is 5.32 Å². The normalized spacial score (nSPS) is 13.2. The third-order valence-electron chi connectivity index (χ3n) is 2.85. The van der Waals surface area contributed by atoms with Crippen LogP contribution in [-0.4, -0.2) is 25.9 Å². The van der Waals surface area contributed by atoms with Crippen molar-refractivity contribution < 1.29 is 18.0 Å². The number of carbonyl (C=O) groups is 1. The van der Waals surface area contributed by atoms with Gasteiger partial charge < -0.3 is 0 Å². The summed E-state index contributed by atoms with van der Waals surface area (Å²) in [6.45, 7) is 4.49. The van der Waals surface area contributed by atoms with Gasteiger partial charge in [0.05, 0.1) is 10.7 Å². The van der Waals surface area contributed by atoms with Crippen molar-refractivity contribution in [3.8, 4) is 0 Å². The molecule has 2 aromatic rings. The standard InChI is InChI=1S/C11H11ClF3N5OS/c1-4-7(12)8(11(13,14)15)19-20(4)5(2)9(21)16-10-18-17-6(3)22-10/h5H,1-3H3,(H,16,18,21)/t5-/m0/s1. The number of amides is 1. The van der Waals surface area contributed by atoms with Crippen LogP contribution in [0.3, 0.4) is 0 Å². The molecule has 1 N–H and O–H groups in total. The van der Waals surface area contributed by atoms with Gasteiger partial charge in [-0.1, -0.05) is 22.9 Å². The highest BCUT2D eigenvalue weighted by Crippen LogP contribution is 2.36. The summed E-state index contributed by atoms with van der Waals surface area (Å²) in [5.74, 6) is -0.563. The van der Waals surface area contributed by atoms with E-state index in [1.54, 1.807) is 6.92 Å². The average molecular weight is 354 g/mol. The van der Waals surface area contributed by atoms with Gasteiger partial charge in [-0.05, 0) is 20.8 Å². The number of aromatic nitrogens is 4. The van der Waals surface area contributed by atoms with E-state index >= 15 is 0 Å². The van der Waals surface area contributed by atoms with Gasteiger partial charge >= 0.3 is 6.18 Å². The third kappa shape index (κ3) is 3.22. The maximum absolute atomic E-state index is 12.8. The summed E-state index contributed by atoms with van der Waals surface area (Å²) in [6, 6.07) is -0.988. The van der Waals surface area contributed by atoms with E-state index in [4.69, 9.17) is 11.6 Å². The Bertz CT molecular complexity index is 711. The van der Waals surface area contributed by atoms with Crippen LogP contribution in [0.5, 0.6) is 0 Å². The first kappa shape index (κ1) is 16.7. The van der Waals surface area contributed by atoms with E-state index in [1.165, 1.54) is 13.8 Å². The van der Waals surface area contributed by atoms with Crippen LogP contribution in [-0.2, 0) is 11.0 Å². The van der Waals surface area contributed by atoms with Crippen LogP contribution in [0.2, 0.25) is 5.02 Å². The second-order valence-electron chi connectivity index (χ2n) is 4.48. The molecule has 0 aliphatic rings. The van der Waals surface area contributed by atoms with Gasteiger partial charge in [0.15, 0.2) is 5.69 Å². The Morgan fingerprint density at radius 1 is 1.36 bits per heavy atom. The van der Waals surface area contributed by atoms with Gasteiger partial charge in [-0.3, -0.25) is 14.8 Å². The Labute approximate surface area is 132 Å². The molecule has 0 radical (unpaired) electrons. The molecule has 22 heavy (non-hydrogen) atoms. The zero-order valence-corrected chi connectivity index (χ0v) is 13.3. The number of carbonyl (C=O) groups excluding carboxylic acids is 1. The first-order chi connectivity index (χ1) is 10.1. The lowest BCUT2D eigenvalue weighted by molar-refractivity contribution is -0.141.